The average molecular weight is 254 g/mol. The normalized spacial score (nSPS) is 20.2. The highest BCUT2D eigenvalue weighted by molar-refractivity contribution is 5.78. The van der Waals surface area contributed by atoms with Gasteiger partial charge in [0.05, 0.1) is 13.2 Å². The Kier molecular flexibility index (Phi) is 6.53. The van der Waals surface area contributed by atoms with Crippen molar-refractivity contribution in [3.05, 3.63) is 0 Å². The molecule has 5 N–H and O–H groups in total. The lowest BCUT2D eigenvalue weighted by Gasteiger charge is -2.32. The monoisotopic (exact) mass is 254 g/mol. The average Bonchev–Trinajstić information content (AvgIpc) is 2.35. The van der Waals surface area contributed by atoms with Gasteiger partial charge in [-0.15, -0.1) is 0 Å². The molecule has 0 rings (SSSR count). The minimum absolute atomic E-state index is 0.0735. The number of rotatable bonds is 7. The van der Waals surface area contributed by atoms with Crippen LogP contribution in [0.4, 0.5) is 0 Å². The van der Waals surface area contributed by atoms with Gasteiger partial charge in [0, 0.05) is 7.11 Å². The first-order chi connectivity index (χ1) is 7.84. The Morgan fingerprint density at radius 1 is 1.35 bits per heavy atom. The van der Waals surface area contributed by atoms with Crippen molar-refractivity contribution in [2.75, 3.05) is 20.3 Å². The largest absolute Gasteiger partial charge is 0.462 e. The Hall–Kier alpha value is -0.770. The summed E-state index contributed by atoms with van der Waals surface area (Å²) in [5.74, 6) is -4.12. The van der Waals surface area contributed by atoms with Crippen molar-refractivity contribution in [3.63, 3.8) is 0 Å². The fraction of sp³-hybridized carbons (Fsp3) is 0.889. The van der Waals surface area contributed by atoms with Gasteiger partial charge in [0.2, 0.25) is 0 Å². The van der Waals surface area contributed by atoms with Gasteiger partial charge in [-0.3, -0.25) is 0 Å². The van der Waals surface area contributed by atoms with E-state index in [1.807, 2.05) is 0 Å². The number of aliphatic hydroxyl groups excluding tert-OH is 4. The molecule has 0 aliphatic heterocycles. The number of aliphatic hydroxyl groups is 5. The number of methoxy groups -OCH3 is 1. The van der Waals surface area contributed by atoms with Crippen LogP contribution in [0.25, 0.3) is 0 Å². The molecule has 0 radical (unpaired) electrons. The molecule has 0 amide bonds. The summed E-state index contributed by atoms with van der Waals surface area (Å²) in [5, 5.41) is 46.3. The molecule has 0 heterocycles. The number of esters is 1. The van der Waals surface area contributed by atoms with Crippen molar-refractivity contribution < 1.29 is 39.8 Å². The molecule has 0 saturated carbocycles. The first-order valence-electron chi connectivity index (χ1n) is 4.94. The molecule has 0 aliphatic carbocycles. The van der Waals surface area contributed by atoms with Crippen LogP contribution >= 0.6 is 0 Å². The van der Waals surface area contributed by atoms with Crippen LogP contribution in [-0.2, 0) is 14.3 Å². The van der Waals surface area contributed by atoms with E-state index in [9.17, 15) is 20.1 Å². The molecular weight excluding hydrogens is 236 g/mol. The zero-order chi connectivity index (χ0) is 13.6. The zero-order valence-electron chi connectivity index (χ0n) is 9.61. The van der Waals surface area contributed by atoms with E-state index in [0.29, 0.717) is 0 Å². The Bertz CT molecular complexity index is 245. The SMILES string of the molecule is CCOC(=O)[C@@](O)(OC)[C@@H](O)[C@H](O)[C@H](O)CO. The van der Waals surface area contributed by atoms with Crippen molar-refractivity contribution in [1.29, 1.82) is 0 Å². The summed E-state index contributed by atoms with van der Waals surface area (Å²) in [6.07, 6.45) is -5.89. The van der Waals surface area contributed by atoms with Crippen LogP contribution in [-0.4, -0.2) is 75.9 Å². The van der Waals surface area contributed by atoms with Gasteiger partial charge in [0.25, 0.3) is 5.79 Å². The van der Waals surface area contributed by atoms with Crippen molar-refractivity contribution in [2.24, 2.45) is 0 Å². The summed E-state index contributed by atoms with van der Waals surface area (Å²) in [6.45, 7) is 0.538. The van der Waals surface area contributed by atoms with Gasteiger partial charge in [-0.2, -0.15) is 0 Å². The van der Waals surface area contributed by atoms with Gasteiger partial charge in [-0.05, 0) is 6.92 Å². The molecular formula is C9H18O8. The molecule has 17 heavy (non-hydrogen) atoms. The van der Waals surface area contributed by atoms with Crippen LogP contribution in [0.1, 0.15) is 6.92 Å². The van der Waals surface area contributed by atoms with E-state index in [0.717, 1.165) is 7.11 Å². The topological polar surface area (TPSA) is 137 Å². The maximum atomic E-state index is 11.3. The third-order valence-corrected chi connectivity index (χ3v) is 2.18. The van der Waals surface area contributed by atoms with Crippen LogP contribution in [0, 0.1) is 0 Å². The van der Waals surface area contributed by atoms with Gasteiger partial charge in [0.1, 0.15) is 18.3 Å². The fourth-order valence-electron chi connectivity index (χ4n) is 1.11. The van der Waals surface area contributed by atoms with Gasteiger partial charge in [-0.25, -0.2) is 4.79 Å². The van der Waals surface area contributed by atoms with E-state index in [1.165, 1.54) is 6.92 Å². The summed E-state index contributed by atoms with van der Waals surface area (Å²) >= 11 is 0. The van der Waals surface area contributed by atoms with Gasteiger partial charge in [-0.1, -0.05) is 0 Å². The smallest absolute Gasteiger partial charge is 0.369 e. The Morgan fingerprint density at radius 2 is 1.88 bits per heavy atom. The maximum Gasteiger partial charge on any atom is 0.369 e. The molecule has 0 aromatic heterocycles. The summed E-state index contributed by atoms with van der Waals surface area (Å²) in [4.78, 5) is 11.3. The molecule has 0 spiro atoms. The summed E-state index contributed by atoms with van der Waals surface area (Å²) in [6, 6.07) is 0. The summed E-state index contributed by atoms with van der Waals surface area (Å²) in [5.41, 5.74) is 0. The van der Waals surface area contributed by atoms with Crippen LogP contribution in [0.15, 0.2) is 0 Å². The van der Waals surface area contributed by atoms with Crippen LogP contribution in [0.2, 0.25) is 0 Å². The number of carbonyl (C=O) groups excluding carboxylic acids is 1. The lowest BCUT2D eigenvalue weighted by atomic mass is 10.0. The minimum atomic E-state index is -2.81. The van der Waals surface area contributed by atoms with Crippen LogP contribution < -0.4 is 0 Å². The summed E-state index contributed by atoms with van der Waals surface area (Å²) < 4.78 is 8.86. The van der Waals surface area contributed by atoms with E-state index in [-0.39, 0.29) is 6.61 Å². The summed E-state index contributed by atoms with van der Waals surface area (Å²) in [7, 11) is 0.915. The van der Waals surface area contributed by atoms with E-state index in [4.69, 9.17) is 10.2 Å². The highest BCUT2D eigenvalue weighted by Gasteiger charge is 2.50. The highest BCUT2D eigenvalue weighted by atomic mass is 16.7. The van der Waals surface area contributed by atoms with Gasteiger partial charge in [0.15, 0.2) is 0 Å². The predicted octanol–water partition coefficient (Wildman–Crippen LogP) is -3.04. The Balaban J connectivity index is 4.90. The second kappa shape index (κ2) is 6.84. The highest BCUT2D eigenvalue weighted by Crippen LogP contribution is 2.19. The van der Waals surface area contributed by atoms with Gasteiger partial charge >= 0.3 is 5.97 Å². The van der Waals surface area contributed by atoms with E-state index in [2.05, 4.69) is 9.47 Å². The van der Waals surface area contributed by atoms with Crippen molar-refractivity contribution in [3.8, 4) is 0 Å². The minimum Gasteiger partial charge on any atom is -0.462 e. The first-order valence-corrected chi connectivity index (χ1v) is 4.94. The second-order valence-electron chi connectivity index (χ2n) is 3.31. The Morgan fingerprint density at radius 3 is 2.24 bits per heavy atom. The van der Waals surface area contributed by atoms with Gasteiger partial charge < -0.3 is 35.0 Å². The molecule has 0 unspecified atom stereocenters. The van der Waals surface area contributed by atoms with Crippen molar-refractivity contribution >= 4 is 5.97 Å². The van der Waals surface area contributed by atoms with Crippen molar-refractivity contribution in [2.45, 2.75) is 31.0 Å². The van der Waals surface area contributed by atoms with Crippen LogP contribution in [0.3, 0.4) is 0 Å². The lowest BCUT2D eigenvalue weighted by molar-refractivity contribution is -0.272. The van der Waals surface area contributed by atoms with Crippen LogP contribution in [0.5, 0.6) is 0 Å². The maximum absolute atomic E-state index is 11.3. The van der Waals surface area contributed by atoms with E-state index in [1.54, 1.807) is 0 Å². The molecule has 8 heteroatoms. The predicted molar refractivity (Wildman–Crippen MR) is 53.7 cm³/mol. The molecule has 4 atom stereocenters. The molecule has 0 fully saturated rings. The third kappa shape index (κ3) is 3.60. The van der Waals surface area contributed by atoms with E-state index < -0.39 is 36.7 Å². The quantitative estimate of drug-likeness (QED) is 0.239. The molecule has 0 aliphatic rings. The third-order valence-electron chi connectivity index (χ3n) is 2.18. The second-order valence-corrected chi connectivity index (χ2v) is 3.31. The first kappa shape index (κ1) is 16.2. The standard InChI is InChI=1S/C9H18O8/c1-3-17-8(14)9(15,16-2)7(13)6(12)5(11)4-10/h5-7,10-13,15H,3-4H2,1-2H3/t5-,6-,7+,9+/m1/s1. The molecule has 0 bridgehead atoms. The Labute approximate surface area is 98.0 Å². The number of hydrogen-bond acceptors (Lipinski definition) is 8. The molecule has 0 aromatic rings. The molecule has 8 nitrogen and oxygen atoms in total. The number of hydrogen-bond donors (Lipinski definition) is 5. The van der Waals surface area contributed by atoms with E-state index >= 15 is 0 Å². The molecule has 0 aromatic carbocycles. The number of ether oxygens (including phenoxy) is 2. The van der Waals surface area contributed by atoms with Crippen molar-refractivity contribution in [1.82, 2.24) is 0 Å². The lowest BCUT2D eigenvalue weighted by Crippen LogP contribution is -2.59. The number of carbonyl (C=O) groups is 1. The fourth-order valence-corrected chi connectivity index (χ4v) is 1.11. The zero-order valence-corrected chi connectivity index (χ0v) is 9.61. The molecule has 0 saturated heterocycles. The molecule has 102 valence electrons.